The maximum absolute atomic E-state index is 13.8. The third-order valence-electron chi connectivity index (χ3n) is 6.03. The summed E-state index contributed by atoms with van der Waals surface area (Å²) in [5.41, 5.74) is 3.81. The molecule has 7 heteroatoms. The van der Waals surface area contributed by atoms with Gasteiger partial charge in [-0.25, -0.2) is 0 Å². The highest BCUT2D eigenvalue weighted by molar-refractivity contribution is 6.08. The van der Waals surface area contributed by atoms with Crippen molar-refractivity contribution in [3.63, 3.8) is 0 Å². The molecule has 30 heavy (non-hydrogen) atoms. The van der Waals surface area contributed by atoms with Crippen LogP contribution in [0.15, 0.2) is 42.6 Å². The molecule has 2 atom stereocenters. The van der Waals surface area contributed by atoms with Crippen molar-refractivity contribution >= 4 is 22.5 Å². The second kappa shape index (κ2) is 7.50. The first-order valence-electron chi connectivity index (χ1n) is 10.2. The maximum Gasteiger partial charge on any atom is 0.252 e. The van der Waals surface area contributed by atoms with Crippen molar-refractivity contribution in [3.8, 4) is 0 Å². The number of rotatable bonds is 6. The van der Waals surface area contributed by atoms with E-state index in [-0.39, 0.29) is 5.91 Å². The molecule has 1 amide bonds. The first kappa shape index (κ1) is 20.5. The first-order valence-corrected chi connectivity index (χ1v) is 10.2. The Morgan fingerprint density at radius 1 is 1.27 bits per heavy atom. The number of likely N-dealkylation sites (N-methyl/N-ethyl adjacent to an activating group) is 1. The van der Waals surface area contributed by atoms with E-state index in [2.05, 4.69) is 16.5 Å². The standard InChI is InChI=1S/C23H29N5O2/c1-6-28-20-11-10-15(2)12-18(20)23(21(28)29,25-22(30)26(3)4)13-16-8-7-9-19-17(16)14-24-27(19)5/h7-12,14,22,25,30H,6,13H2,1-5H3. The molecular weight excluding hydrogens is 378 g/mol. The van der Waals surface area contributed by atoms with Crippen molar-refractivity contribution in [3.05, 3.63) is 59.3 Å². The van der Waals surface area contributed by atoms with E-state index < -0.39 is 11.9 Å². The summed E-state index contributed by atoms with van der Waals surface area (Å²) in [6.07, 6.45) is 1.27. The zero-order chi connectivity index (χ0) is 21.6. The predicted octanol–water partition coefficient (Wildman–Crippen LogP) is 2.11. The van der Waals surface area contributed by atoms with Crippen LogP contribution in [-0.4, -0.2) is 52.7 Å². The monoisotopic (exact) mass is 407 g/mol. The number of fused-ring (bicyclic) bond motifs is 2. The molecule has 7 nitrogen and oxygen atoms in total. The lowest BCUT2D eigenvalue weighted by molar-refractivity contribution is -0.128. The van der Waals surface area contributed by atoms with Crippen LogP contribution in [0.2, 0.25) is 0 Å². The van der Waals surface area contributed by atoms with E-state index in [1.54, 1.807) is 23.9 Å². The molecule has 1 aromatic heterocycles. The third-order valence-corrected chi connectivity index (χ3v) is 6.03. The lowest BCUT2D eigenvalue weighted by Gasteiger charge is -2.35. The van der Waals surface area contributed by atoms with E-state index in [9.17, 15) is 9.90 Å². The quantitative estimate of drug-likeness (QED) is 0.613. The van der Waals surface area contributed by atoms with Gasteiger partial charge in [0.25, 0.3) is 5.91 Å². The van der Waals surface area contributed by atoms with Gasteiger partial charge in [-0.3, -0.25) is 19.7 Å². The Balaban J connectivity index is 1.92. The summed E-state index contributed by atoms with van der Waals surface area (Å²) in [7, 11) is 5.47. The zero-order valence-corrected chi connectivity index (χ0v) is 18.2. The minimum absolute atomic E-state index is 0.0487. The van der Waals surface area contributed by atoms with Crippen LogP contribution < -0.4 is 10.2 Å². The van der Waals surface area contributed by atoms with Crippen molar-refractivity contribution in [2.24, 2.45) is 7.05 Å². The number of nitrogens with one attached hydrogen (secondary N) is 1. The van der Waals surface area contributed by atoms with Gasteiger partial charge in [-0.2, -0.15) is 5.10 Å². The van der Waals surface area contributed by atoms with E-state index in [1.165, 1.54) is 0 Å². The molecule has 158 valence electrons. The highest BCUT2D eigenvalue weighted by atomic mass is 16.3. The zero-order valence-electron chi connectivity index (χ0n) is 18.2. The highest BCUT2D eigenvalue weighted by Crippen LogP contribution is 2.43. The molecule has 1 aliphatic rings. The summed E-state index contributed by atoms with van der Waals surface area (Å²) in [5.74, 6) is -0.0487. The van der Waals surface area contributed by atoms with Gasteiger partial charge in [-0.1, -0.05) is 29.8 Å². The minimum Gasteiger partial charge on any atom is -0.365 e. The molecule has 0 saturated carbocycles. The number of aliphatic hydroxyl groups excluding tert-OH is 1. The van der Waals surface area contributed by atoms with Crippen LogP contribution >= 0.6 is 0 Å². The van der Waals surface area contributed by atoms with Gasteiger partial charge < -0.3 is 10.0 Å². The Bertz CT molecular complexity index is 1110. The summed E-state index contributed by atoms with van der Waals surface area (Å²) in [6, 6.07) is 12.1. The Morgan fingerprint density at radius 3 is 2.73 bits per heavy atom. The van der Waals surface area contributed by atoms with Crippen molar-refractivity contribution in [2.75, 3.05) is 25.5 Å². The number of carbonyl (C=O) groups excluding carboxylic acids is 1. The SMILES string of the molecule is CCN1C(=O)C(Cc2cccc3c2cnn3C)(NC(O)N(C)C)c2cc(C)ccc21. The lowest BCUT2D eigenvalue weighted by Crippen LogP contribution is -2.59. The van der Waals surface area contributed by atoms with Gasteiger partial charge in [0, 0.05) is 36.7 Å². The average molecular weight is 408 g/mol. The Hall–Kier alpha value is -2.74. The molecule has 0 bridgehead atoms. The number of aliphatic hydroxyl groups is 1. The van der Waals surface area contributed by atoms with Gasteiger partial charge in [-0.05, 0) is 45.6 Å². The van der Waals surface area contributed by atoms with Crippen molar-refractivity contribution < 1.29 is 9.90 Å². The second-order valence-corrected chi connectivity index (χ2v) is 8.25. The van der Waals surface area contributed by atoms with Crippen LogP contribution in [0.5, 0.6) is 0 Å². The molecule has 0 fully saturated rings. The summed E-state index contributed by atoms with van der Waals surface area (Å²) in [4.78, 5) is 17.3. The number of aromatic nitrogens is 2. The molecule has 4 rings (SSSR count). The van der Waals surface area contributed by atoms with Crippen LogP contribution in [0.25, 0.3) is 10.9 Å². The number of nitrogens with zero attached hydrogens (tertiary/aromatic N) is 4. The summed E-state index contributed by atoms with van der Waals surface area (Å²) >= 11 is 0. The van der Waals surface area contributed by atoms with Crippen LogP contribution in [0.1, 0.15) is 23.6 Å². The van der Waals surface area contributed by atoms with Crippen molar-refractivity contribution in [2.45, 2.75) is 32.2 Å². The lowest BCUT2D eigenvalue weighted by atomic mass is 9.83. The van der Waals surface area contributed by atoms with Crippen LogP contribution in [0.3, 0.4) is 0 Å². The predicted molar refractivity (Wildman–Crippen MR) is 118 cm³/mol. The Kier molecular flexibility index (Phi) is 5.13. The van der Waals surface area contributed by atoms with Gasteiger partial charge in [-0.15, -0.1) is 0 Å². The van der Waals surface area contributed by atoms with E-state index in [4.69, 9.17) is 0 Å². The number of hydrogen-bond acceptors (Lipinski definition) is 5. The number of hydrogen-bond donors (Lipinski definition) is 2. The molecule has 3 aromatic rings. The molecule has 0 spiro atoms. The summed E-state index contributed by atoms with van der Waals surface area (Å²) < 4.78 is 1.83. The normalized spacial score (nSPS) is 19.7. The molecule has 2 unspecified atom stereocenters. The average Bonchev–Trinajstić information content (AvgIpc) is 3.19. The second-order valence-electron chi connectivity index (χ2n) is 8.25. The molecule has 2 heterocycles. The molecule has 0 aliphatic carbocycles. The van der Waals surface area contributed by atoms with Crippen LogP contribution in [-0.2, 0) is 23.8 Å². The smallest absolute Gasteiger partial charge is 0.252 e. The van der Waals surface area contributed by atoms with Gasteiger partial charge >= 0.3 is 0 Å². The van der Waals surface area contributed by atoms with Crippen molar-refractivity contribution in [1.29, 1.82) is 0 Å². The van der Waals surface area contributed by atoms with Crippen LogP contribution in [0.4, 0.5) is 5.69 Å². The Labute approximate surface area is 176 Å². The summed E-state index contributed by atoms with van der Waals surface area (Å²) in [6.45, 7) is 4.56. The maximum atomic E-state index is 13.8. The van der Waals surface area contributed by atoms with E-state index in [0.717, 1.165) is 33.3 Å². The number of anilines is 1. The van der Waals surface area contributed by atoms with Crippen LogP contribution in [0, 0.1) is 6.92 Å². The minimum atomic E-state index is -1.08. The third kappa shape index (κ3) is 3.10. The molecule has 0 radical (unpaired) electrons. The van der Waals surface area contributed by atoms with Gasteiger partial charge in [0.05, 0.1) is 11.7 Å². The summed E-state index contributed by atoms with van der Waals surface area (Å²) in [5, 5.41) is 19.4. The fraction of sp³-hybridized carbons (Fsp3) is 0.391. The van der Waals surface area contributed by atoms with Crippen molar-refractivity contribution in [1.82, 2.24) is 20.0 Å². The van der Waals surface area contributed by atoms with Gasteiger partial charge in [0.15, 0.2) is 6.35 Å². The Morgan fingerprint density at radius 2 is 2.03 bits per heavy atom. The largest absolute Gasteiger partial charge is 0.365 e. The fourth-order valence-corrected chi connectivity index (χ4v) is 4.38. The number of benzene rings is 2. The fourth-order valence-electron chi connectivity index (χ4n) is 4.38. The number of carbonyl (C=O) groups is 1. The van der Waals surface area contributed by atoms with E-state index in [0.29, 0.717) is 13.0 Å². The molecule has 0 saturated heterocycles. The molecular formula is C23H29N5O2. The number of aryl methyl sites for hydroxylation is 2. The topological polar surface area (TPSA) is 73.6 Å². The van der Waals surface area contributed by atoms with E-state index >= 15 is 0 Å². The molecule has 1 aliphatic heterocycles. The van der Waals surface area contributed by atoms with Gasteiger partial charge in [0.2, 0.25) is 0 Å². The first-order chi connectivity index (χ1) is 14.3. The number of amides is 1. The molecule has 2 aromatic carbocycles. The molecule has 2 N–H and O–H groups in total. The van der Waals surface area contributed by atoms with Gasteiger partial charge in [0.1, 0.15) is 5.54 Å². The van der Waals surface area contributed by atoms with E-state index in [1.807, 2.05) is 62.1 Å². The highest BCUT2D eigenvalue weighted by Gasteiger charge is 2.51.